The molecule has 0 radical (unpaired) electrons. The molecule has 0 atom stereocenters. The van der Waals surface area contributed by atoms with Crippen molar-refractivity contribution in [3.8, 4) is 17.0 Å². The quantitative estimate of drug-likeness (QED) is 0.925. The summed E-state index contributed by atoms with van der Waals surface area (Å²) in [4.78, 5) is 8.66. The van der Waals surface area contributed by atoms with Crippen LogP contribution in [-0.2, 0) is 6.54 Å². The number of benzene rings is 1. The van der Waals surface area contributed by atoms with Crippen molar-refractivity contribution < 1.29 is 4.74 Å². The van der Waals surface area contributed by atoms with E-state index < -0.39 is 0 Å². The molecule has 4 nitrogen and oxygen atoms in total. The van der Waals surface area contributed by atoms with Gasteiger partial charge < -0.3 is 10.5 Å². The first-order valence-corrected chi connectivity index (χ1v) is 5.42. The summed E-state index contributed by atoms with van der Waals surface area (Å²) in [6.07, 6.45) is 0. The minimum Gasteiger partial charge on any atom is -0.497 e. The first kappa shape index (κ1) is 14.4. The third kappa shape index (κ3) is 3.18. The summed E-state index contributed by atoms with van der Waals surface area (Å²) in [5, 5.41) is 0. The Morgan fingerprint density at radius 3 is 2.67 bits per heavy atom. The van der Waals surface area contributed by atoms with Crippen LogP contribution in [0, 0.1) is 6.92 Å². The van der Waals surface area contributed by atoms with Crippen LogP contribution >= 0.6 is 12.4 Å². The van der Waals surface area contributed by atoms with Gasteiger partial charge in [-0.15, -0.1) is 12.4 Å². The van der Waals surface area contributed by atoms with Crippen LogP contribution < -0.4 is 10.5 Å². The summed E-state index contributed by atoms with van der Waals surface area (Å²) < 4.78 is 5.20. The van der Waals surface area contributed by atoms with Crippen LogP contribution in [0.2, 0.25) is 0 Å². The molecule has 0 aliphatic rings. The molecule has 0 aliphatic heterocycles. The van der Waals surface area contributed by atoms with Gasteiger partial charge in [-0.2, -0.15) is 0 Å². The highest BCUT2D eigenvalue weighted by atomic mass is 35.5. The van der Waals surface area contributed by atoms with E-state index >= 15 is 0 Å². The van der Waals surface area contributed by atoms with E-state index in [1.165, 1.54) is 0 Å². The van der Waals surface area contributed by atoms with Gasteiger partial charge in [0.2, 0.25) is 0 Å². The zero-order chi connectivity index (χ0) is 12.3. The molecule has 96 valence electrons. The van der Waals surface area contributed by atoms with Crippen LogP contribution in [0.3, 0.4) is 0 Å². The average molecular weight is 266 g/mol. The number of hydrogen-bond donors (Lipinski definition) is 1. The van der Waals surface area contributed by atoms with E-state index in [9.17, 15) is 0 Å². The molecule has 1 heterocycles. The second kappa shape index (κ2) is 6.33. The fourth-order valence-electron chi connectivity index (χ4n) is 1.66. The molecule has 0 unspecified atom stereocenters. The molecule has 0 saturated heterocycles. The Kier molecular flexibility index (Phi) is 5.07. The summed E-state index contributed by atoms with van der Waals surface area (Å²) >= 11 is 0. The number of methoxy groups -OCH3 is 1. The maximum absolute atomic E-state index is 5.61. The average Bonchev–Trinajstić information content (AvgIpc) is 2.38. The first-order chi connectivity index (χ1) is 8.22. The van der Waals surface area contributed by atoms with Gasteiger partial charge in [0.25, 0.3) is 0 Å². The van der Waals surface area contributed by atoms with Gasteiger partial charge in [-0.25, -0.2) is 9.97 Å². The molecule has 0 amide bonds. The summed E-state index contributed by atoms with van der Waals surface area (Å²) in [6.45, 7) is 2.28. The Morgan fingerprint density at radius 1 is 1.22 bits per heavy atom. The first-order valence-electron chi connectivity index (χ1n) is 5.42. The maximum atomic E-state index is 5.61. The van der Waals surface area contributed by atoms with Gasteiger partial charge in [0.15, 0.2) is 0 Å². The van der Waals surface area contributed by atoms with Gasteiger partial charge in [-0.3, -0.25) is 0 Å². The summed E-state index contributed by atoms with van der Waals surface area (Å²) in [7, 11) is 1.65. The molecule has 2 rings (SSSR count). The number of nitrogens with zero attached hydrogens (tertiary/aromatic N) is 2. The van der Waals surface area contributed by atoms with Crippen LogP contribution in [0.15, 0.2) is 30.3 Å². The molecule has 5 heteroatoms. The van der Waals surface area contributed by atoms with Crippen molar-refractivity contribution in [3.63, 3.8) is 0 Å². The zero-order valence-corrected chi connectivity index (χ0v) is 11.2. The van der Waals surface area contributed by atoms with Crippen molar-refractivity contribution in [2.24, 2.45) is 5.73 Å². The van der Waals surface area contributed by atoms with Gasteiger partial charge in [0.1, 0.15) is 11.6 Å². The van der Waals surface area contributed by atoms with Gasteiger partial charge in [0.05, 0.1) is 18.5 Å². The summed E-state index contributed by atoms with van der Waals surface area (Å²) in [5.74, 6) is 1.54. The molecular weight excluding hydrogens is 250 g/mol. The van der Waals surface area contributed by atoms with Crippen LogP contribution in [0.25, 0.3) is 11.3 Å². The maximum Gasteiger partial charge on any atom is 0.126 e. The lowest BCUT2D eigenvalue weighted by atomic mass is 10.1. The molecule has 0 fully saturated rings. The number of aromatic nitrogens is 2. The minimum atomic E-state index is 0. The second-order valence-corrected chi connectivity index (χ2v) is 3.73. The smallest absolute Gasteiger partial charge is 0.126 e. The van der Waals surface area contributed by atoms with Crippen LogP contribution in [0.4, 0.5) is 0 Å². The van der Waals surface area contributed by atoms with Gasteiger partial charge in [-0.05, 0) is 25.1 Å². The van der Waals surface area contributed by atoms with Gasteiger partial charge >= 0.3 is 0 Å². The van der Waals surface area contributed by atoms with Crippen molar-refractivity contribution in [1.82, 2.24) is 9.97 Å². The van der Waals surface area contributed by atoms with Crippen molar-refractivity contribution in [2.75, 3.05) is 7.11 Å². The minimum absolute atomic E-state index is 0. The third-order valence-electron chi connectivity index (χ3n) is 2.47. The molecule has 1 aromatic heterocycles. The predicted molar refractivity (Wildman–Crippen MR) is 73.9 cm³/mol. The van der Waals surface area contributed by atoms with E-state index in [0.717, 1.165) is 28.5 Å². The van der Waals surface area contributed by atoms with Gasteiger partial charge in [0, 0.05) is 12.1 Å². The Hall–Kier alpha value is -1.65. The molecular formula is C13H16ClN3O. The van der Waals surface area contributed by atoms with E-state index in [2.05, 4.69) is 9.97 Å². The third-order valence-corrected chi connectivity index (χ3v) is 2.47. The summed E-state index contributed by atoms with van der Waals surface area (Å²) in [5.41, 5.74) is 8.33. The normalized spacial score (nSPS) is 9.72. The van der Waals surface area contributed by atoms with Crippen molar-refractivity contribution in [2.45, 2.75) is 13.5 Å². The largest absolute Gasteiger partial charge is 0.497 e. The van der Waals surface area contributed by atoms with E-state index in [4.69, 9.17) is 10.5 Å². The lowest BCUT2D eigenvalue weighted by Crippen LogP contribution is -2.03. The van der Waals surface area contributed by atoms with Gasteiger partial charge in [-0.1, -0.05) is 12.1 Å². The van der Waals surface area contributed by atoms with E-state index in [0.29, 0.717) is 6.54 Å². The SMILES string of the molecule is COc1cccc(-c2cc(CN)nc(C)n2)c1.Cl. The standard InChI is InChI=1S/C13H15N3O.ClH/c1-9-15-11(8-14)7-13(16-9)10-4-3-5-12(6-10)17-2;/h3-7H,8,14H2,1-2H3;1H. The zero-order valence-electron chi connectivity index (χ0n) is 10.4. The fraction of sp³-hybridized carbons (Fsp3) is 0.231. The van der Waals surface area contributed by atoms with E-state index in [1.807, 2.05) is 37.3 Å². The lowest BCUT2D eigenvalue weighted by Gasteiger charge is -2.06. The van der Waals surface area contributed by atoms with Crippen LogP contribution in [0.5, 0.6) is 5.75 Å². The molecule has 1 aromatic carbocycles. The predicted octanol–water partition coefficient (Wildman–Crippen LogP) is 2.34. The highest BCUT2D eigenvalue weighted by Crippen LogP contribution is 2.22. The van der Waals surface area contributed by atoms with E-state index in [-0.39, 0.29) is 12.4 Å². The topological polar surface area (TPSA) is 61.0 Å². The highest BCUT2D eigenvalue weighted by Gasteiger charge is 2.04. The molecule has 0 saturated carbocycles. The molecule has 0 spiro atoms. The highest BCUT2D eigenvalue weighted by molar-refractivity contribution is 5.85. The summed E-state index contributed by atoms with van der Waals surface area (Å²) in [6, 6.07) is 9.68. The Labute approximate surface area is 113 Å². The lowest BCUT2D eigenvalue weighted by molar-refractivity contribution is 0.415. The molecule has 2 aromatic rings. The van der Waals surface area contributed by atoms with Crippen molar-refractivity contribution in [1.29, 1.82) is 0 Å². The Balaban J connectivity index is 0.00000162. The second-order valence-electron chi connectivity index (χ2n) is 3.73. The molecule has 2 N–H and O–H groups in total. The Bertz CT molecular complexity index is 531. The van der Waals surface area contributed by atoms with Crippen LogP contribution in [-0.4, -0.2) is 17.1 Å². The Morgan fingerprint density at radius 2 is 2.00 bits per heavy atom. The fourth-order valence-corrected chi connectivity index (χ4v) is 1.66. The van der Waals surface area contributed by atoms with E-state index in [1.54, 1.807) is 7.11 Å². The number of ether oxygens (including phenoxy) is 1. The number of hydrogen-bond acceptors (Lipinski definition) is 4. The molecule has 0 bridgehead atoms. The number of rotatable bonds is 3. The van der Waals surface area contributed by atoms with Crippen LogP contribution in [0.1, 0.15) is 11.5 Å². The monoisotopic (exact) mass is 265 g/mol. The molecule has 0 aliphatic carbocycles. The number of nitrogens with two attached hydrogens (primary N) is 1. The van der Waals surface area contributed by atoms with Crippen molar-refractivity contribution >= 4 is 12.4 Å². The number of halogens is 1. The molecule has 18 heavy (non-hydrogen) atoms. The number of aryl methyl sites for hydroxylation is 1. The van der Waals surface area contributed by atoms with Crippen molar-refractivity contribution in [3.05, 3.63) is 41.9 Å².